The van der Waals surface area contributed by atoms with Gasteiger partial charge in [0, 0.05) is 12.5 Å². The van der Waals surface area contributed by atoms with Gasteiger partial charge < -0.3 is 4.74 Å². The van der Waals surface area contributed by atoms with E-state index in [9.17, 15) is 4.79 Å². The van der Waals surface area contributed by atoms with Crippen LogP contribution in [0.2, 0.25) is 0 Å². The van der Waals surface area contributed by atoms with Crippen molar-refractivity contribution in [2.75, 3.05) is 7.11 Å². The van der Waals surface area contributed by atoms with Gasteiger partial charge in [0.1, 0.15) is 6.10 Å². The van der Waals surface area contributed by atoms with E-state index in [1.165, 1.54) is 0 Å². The van der Waals surface area contributed by atoms with Crippen molar-refractivity contribution >= 4 is 5.78 Å². The summed E-state index contributed by atoms with van der Waals surface area (Å²) in [6, 6.07) is 0. The van der Waals surface area contributed by atoms with Crippen LogP contribution in [0.3, 0.4) is 0 Å². The minimum Gasteiger partial charge on any atom is -0.373 e. The molecule has 2 aliphatic carbocycles. The Labute approximate surface area is 79.7 Å². The first kappa shape index (κ1) is 9.20. The predicted octanol–water partition coefficient (Wildman–Crippen LogP) is 2.03. The summed E-state index contributed by atoms with van der Waals surface area (Å²) in [5, 5.41) is 0. The van der Waals surface area contributed by atoms with E-state index in [1.54, 1.807) is 7.11 Å². The Balaban J connectivity index is 2.44. The standard InChI is InChI=1S/C11H18O2/c1-10(2)7-5-6-11(10,3)9(12)8(7)13-4/h7-8H,5-6H2,1-4H3. The molecule has 0 heterocycles. The summed E-state index contributed by atoms with van der Waals surface area (Å²) in [6.45, 7) is 6.53. The van der Waals surface area contributed by atoms with E-state index in [4.69, 9.17) is 4.74 Å². The van der Waals surface area contributed by atoms with Crippen LogP contribution in [0.15, 0.2) is 0 Å². The number of hydrogen-bond acceptors (Lipinski definition) is 2. The van der Waals surface area contributed by atoms with Gasteiger partial charge in [0.15, 0.2) is 5.78 Å². The van der Waals surface area contributed by atoms with Gasteiger partial charge in [-0.3, -0.25) is 4.79 Å². The fourth-order valence-corrected chi connectivity index (χ4v) is 3.27. The first-order chi connectivity index (χ1) is 5.95. The van der Waals surface area contributed by atoms with Gasteiger partial charge in [-0.05, 0) is 24.2 Å². The number of carbonyl (C=O) groups is 1. The Morgan fingerprint density at radius 3 is 2.31 bits per heavy atom. The number of fused-ring (bicyclic) bond motifs is 2. The zero-order valence-electron chi connectivity index (χ0n) is 8.89. The molecule has 3 atom stereocenters. The van der Waals surface area contributed by atoms with E-state index in [2.05, 4.69) is 20.8 Å². The van der Waals surface area contributed by atoms with Crippen molar-refractivity contribution in [1.29, 1.82) is 0 Å². The molecule has 0 spiro atoms. The summed E-state index contributed by atoms with van der Waals surface area (Å²) in [5.41, 5.74) is 0.00308. The minimum absolute atomic E-state index is 0.127. The van der Waals surface area contributed by atoms with Crippen LogP contribution < -0.4 is 0 Å². The van der Waals surface area contributed by atoms with Crippen LogP contribution in [0.1, 0.15) is 33.6 Å². The van der Waals surface area contributed by atoms with Gasteiger partial charge in [-0.1, -0.05) is 20.8 Å². The Hall–Kier alpha value is -0.370. The largest absolute Gasteiger partial charge is 0.373 e. The number of carbonyl (C=O) groups excluding carboxylic acids is 1. The highest BCUT2D eigenvalue weighted by atomic mass is 16.5. The summed E-state index contributed by atoms with van der Waals surface area (Å²) >= 11 is 0. The van der Waals surface area contributed by atoms with E-state index in [0.29, 0.717) is 11.7 Å². The number of rotatable bonds is 1. The zero-order chi connectivity index (χ0) is 9.85. The summed E-state index contributed by atoms with van der Waals surface area (Å²) in [4.78, 5) is 12.0. The maximum atomic E-state index is 12.0. The van der Waals surface area contributed by atoms with Crippen LogP contribution in [0.5, 0.6) is 0 Å². The van der Waals surface area contributed by atoms with E-state index < -0.39 is 0 Å². The predicted molar refractivity (Wildman–Crippen MR) is 50.4 cm³/mol. The average Bonchev–Trinajstić information content (AvgIpc) is 2.36. The highest BCUT2D eigenvalue weighted by Crippen LogP contribution is 2.64. The lowest BCUT2D eigenvalue weighted by Gasteiger charge is -2.31. The molecule has 0 aromatic heterocycles. The topological polar surface area (TPSA) is 26.3 Å². The molecule has 13 heavy (non-hydrogen) atoms. The second kappa shape index (κ2) is 2.35. The normalized spacial score (nSPS) is 47.2. The lowest BCUT2D eigenvalue weighted by Crippen LogP contribution is -2.35. The number of ether oxygens (including phenoxy) is 1. The molecule has 0 aliphatic heterocycles. The quantitative estimate of drug-likeness (QED) is 0.620. The lowest BCUT2D eigenvalue weighted by atomic mass is 9.70. The molecule has 3 unspecified atom stereocenters. The maximum absolute atomic E-state index is 12.0. The molecular formula is C11H18O2. The molecule has 0 aromatic carbocycles. The Bertz CT molecular complexity index is 257. The van der Waals surface area contributed by atoms with Crippen molar-refractivity contribution in [2.45, 2.75) is 39.7 Å². The third kappa shape index (κ3) is 0.804. The molecule has 2 heteroatoms. The van der Waals surface area contributed by atoms with Crippen molar-refractivity contribution in [3.63, 3.8) is 0 Å². The van der Waals surface area contributed by atoms with Crippen molar-refractivity contribution in [3.8, 4) is 0 Å². The molecule has 0 N–H and O–H groups in total. The molecule has 0 amide bonds. The number of Topliss-reactive ketones (excluding diaryl/α,β-unsaturated/α-hetero) is 1. The van der Waals surface area contributed by atoms with Crippen molar-refractivity contribution in [2.24, 2.45) is 16.7 Å². The molecule has 0 saturated heterocycles. The van der Waals surface area contributed by atoms with Crippen LogP contribution in [0.25, 0.3) is 0 Å². The first-order valence-corrected chi connectivity index (χ1v) is 5.02. The molecule has 2 bridgehead atoms. The van der Waals surface area contributed by atoms with Gasteiger partial charge in [-0.25, -0.2) is 0 Å². The van der Waals surface area contributed by atoms with E-state index >= 15 is 0 Å². The summed E-state index contributed by atoms with van der Waals surface area (Å²) in [5.74, 6) is 0.770. The smallest absolute Gasteiger partial charge is 0.168 e. The molecule has 0 radical (unpaired) electrons. The van der Waals surface area contributed by atoms with Crippen molar-refractivity contribution in [3.05, 3.63) is 0 Å². The SMILES string of the molecule is COC1C(=O)C2(C)CCC1C2(C)C. The van der Waals surface area contributed by atoms with Gasteiger partial charge in [0.05, 0.1) is 0 Å². The molecule has 74 valence electrons. The average molecular weight is 182 g/mol. The highest BCUT2D eigenvalue weighted by Gasteiger charge is 2.66. The molecule has 2 aliphatic rings. The van der Waals surface area contributed by atoms with Gasteiger partial charge >= 0.3 is 0 Å². The maximum Gasteiger partial charge on any atom is 0.168 e. The third-order valence-corrected chi connectivity index (χ3v) is 4.73. The number of methoxy groups -OCH3 is 1. The second-order valence-electron chi connectivity index (χ2n) is 5.22. The lowest BCUT2D eigenvalue weighted by molar-refractivity contribution is -0.137. The van der Waals surface area contributed by atoms with Gasteiger partial charge in [-0.15, -0.1) is 0 Å². The van der Waals surface area contributed by atoms with Crippen LogP contribution in [-0.2, 0) is 9.53 Å². The molecule has 0 aromatic rings. The van der Waals surface area contributed by atoms with Crippen LogP contribution in [0.4, 0.5) is 0 Å². The monoisotopic (exact) mass is 182 g/mol. The fourth-order valence-electron chi connectivity index (χ4n) is 3.27. The van der Waals surface area contributed by atoms with E-state index in [-0.39, 0.29) is 16.9 Å². The minimum atomic E-state index is -0.131. The Morgan fingerprint density at radius 1 is 1.38 bits per heavy atom. The van der Waals surface area contributed by atoms with Crippen LogP contribution in [0, 0.1) is 16.7 Å². The first-order valence-electron chi connectivity index (χ1n) is 5.02. The molecular weight excluding hydrogens is 164 g/mol. The molecule has 2 nitrogen and oxygen atoms in total. The van der Waals surface area contributed by atoms with E-state index in [0.717, 1.165) is 12.8 Å². The molecule has 2 rings (SSSR count). The highest BCUT2D eigenvalue weighted by molar-refractivity contribution is 5.93. The van der Waals surface area contributed by atoms with Gasteiger partial charge in [0.25, 0.3) is 0 Å². The van der Waals surface area contributed by atoms with E-state index in [1.807, 2.05) is 0 Å². The van der Waals surface area contributed by atoms with Crippen LogP contribution in [-0.4, -0.2) is 19.0 Å². The zero-order valence-corrected chi connectivity index (χ0v) is 8.89. The number of hydrogen-bond donors (Lipinski definition) is 0. The summed E-state index contributed by atoms with van der Waals surface area (Å²) in [6.07, 6.45) is 2.06. The summed E-state index contributed by atoms with van der Waals surface area (Å²) in [7, 11) is 1.66. The molecule has 2 saturated carbocycles. The van der Waals surface area contributed by atoms with Crippen molar-refractivity contribution < 1.29 is 9.53 Å². The third-order valence-electron chi connectivity index (χ3n) is 4.73. The van der Waals surface area contributed by atoms with Gasteiger partial charge in [-0.2, -0.15) is 0 Å². The van der Waals surface area contributed by atoms with Crippen LogP contribution >= 0.6 is 0 Å². The summed E-state index contributed by atoms with van der Waals surface area (Å²) < 4.78 is 5.31. The second-order valence-corrected chi connectivity index (χ2v) is 5.22. The van der Waals surface area contributed by atoms with Gasteiger partial charge in [0.2, 0.25) is 0 Å². The van der Waals surface area contributed by atoms with Crippen molar-refractivity contribution in [1.82, 2.24) is 0 Å². The number of ketones is 1. The Morgan fingerprint density at radius 2 is 2.00 bits per heavy atom. The Kier molecular flexibility index (Phi) is 1.66. The molecule has 2 fully saturated rings. The fraction of sp³-hybridized carbons (Fsp3) is 0.909.